The topological polar surface area (TPSA) is 64.3 Å². The summed E-state index contributed by atoms with van der Waals surface area (Å²) in [6, 6.07) is 3.71. The Morgan fingerprint density at radius 3 is 2.65 bits per heavy atom. The molecule has 1 aromatic rings. The van der Waals surface area contributed by atoms with Crippen LogP contribution in [0, 0.1) is 5.82 Å². The first-order chi connectivity index (χ1) is 7.95. The number of halogens is 1. The van der Waals surface area contributed by atoms with Crippen LogP contribution in [0.5, 0.6) is 5.75 Å². The van der Waals surface area contributed by atoms with E-state index in [1.54, 1.807) is 13.8 Å². The Morgan fingerprint density at radius 2 is 2.12 bits per heavy atom. The highest BCUT2D eigenvalue weighted by atomic mass is 19.1. The monoisotopic (exact) mass is 240 g/mol. The minimum Gasteiger partial charge on any atom is -0.481 e. The molecule has 1 unspecified atom stereocenters. The summed E-state index contributed by atoms with van der Waals surface area (Å²) < 4.78 is 18.5. The Balaban J connectivity index is 2.94. The summed E-state index contributed by atoms with van der Waals surface area (Å²) in [6.45, 7) is 3.35. The fourth-order valence-electron chi connectivity index (χ4n) is 1.43. The minimum atomic E-state index is -0.650. The van der Waals surface area contributed by atoms with Gasteiger partial charge < -0.3 is 15.8 Å². The van der Waals surface area contributed by atoms with Gasteiger partial charge in [-0.15, -0.1) is 0 Å². The van der Waals surface area contributed by atoms with E-state index in [4.69, 9.17) is 10.5 Å². The van der Waals surface area contributed by atoms with Crippen molar-refractivity contribution in [1.29, 1.82) is 0 Å². The van der Waals surface area contributed by atoms with Crippen molar-refractivity contribution < 1.29 is 13.9 Å². The molecule has 17 heavy (non-hydrogen) atoms. The maximum Gasteiger partial charge on any atom is 0.260 e. The van der Waals surface area contributed by atoms with E-state index < -0.39 is 6.10 Å². The summed E-state index contributed by atoms with van der Waals surface area (Å²) in [7, 11) is 1.53. The summed E-state index contributed by atoms with van der Waals surface area (Å²) in [5, 5.41) is 2.48. The smallest absolute Gasteiger partial charge is 0.260 e. The van der Waals surface area contributed by atoms with Crippen molar-refractivity contribution in [1.82, 2.24) is 5.32 Å². The quantitative estimate of drug-likeness (QED) is 0.835. The third-order valence-electron chi connectivity index (χ3n) is 2.38. The van der Waals surface area contributed by atoms with Gasteiger partial charge >= 0.3 is 0 Å². The van der Waals surface area contributed by atoms with Crippen LogP contribution in [-0.4, -0.2) is 19.1 Å². The molecule has 94 valence electrons. The van der Waals surface area contributed by atoms with Gasteiger partial charge in [0.15, 0.2) is 6.10 Å². The number of benzene rings is 1. The molecule has 0 saturated heterocycles. The van der Waals surface area contributed by atoms with Gasteiger partial charge in [-0.3, -0.25) is 4.79 Å². The van der Waals surface area contributed by atoms with Crippen LogP contribution in [-0.2, 0) is 4.79 Å². The molecule has 0 aliphatic rings. The number of hydrogen-bond donors (Lipinski definition) is 2. The molecule has 1 amide bonds. The third kappa shape index (κ3) is 3.42. The average molecular weight is 240 g/mol. The Bertz CT molecular complexity index is 407. The molecular formula is C12H17FN2O2. The van der Waals surface area contributed by atoms with Gasteiger partial charge in [-0.25, -0.2) is 4.39 Å². The molecule has 0 aromatic heterocycles. The lowest BCUT2D eigenvalue weighted by Gasteiger charge is -2.18. The van der Waals surface area contributed by atoms with Crippen molar-refractivity contribution in [2.45, 2.75) is 26.0 Å². The van der Waals surface area contributed by atoms with Crippen molar-refractivity contribution in [3.8, 4) is 5.75 Å². The number of amides is 1. The molecule has 0 aliphatic carbocycles. The molecule has 0 aliphatic heterocycles. The molecule has 0 spiro atoms. The zero-order chi connectivity index (χ0) is 13.0. The van der Waals surface area contributed by atoms with Gasteiger partial charge in [0.2, 0.25) is 0 Å². The van der Waals surface area contributed by atoms with Gasteiger partial charge in [-0.2, -0.15) is 0 Å². The summed E-state index contributed by atoms with van der Waals surface area (Å²) >= 11 is 0. The van der Waals surface area contributed by atoms with Crippen LogP contribution in [0.25, 0.3) is 0 Å². The maximum atomic E-state index is 13.1. The molecular weight excluding hydrogens is 223 g/mol. The van der Waals surface area contributed by atoms with Crippen molar-refractivity contribution in [2.24, 2.45) is 5.73 Å². The molecule has 5 heteroatoms. The van der Waals surface area contributed by atoms with E-state index in [2.05, 4.69) is 5.32 Å². The van der Waals surface area contributed by atoms with E-state index in [0.29, 0.717) is 11.3 Å². The highest BCUT2D eigenvalue weighted by Crippen LogP contribution is 2.25. The van der Waals surface area contributed by atoms with Crippen molar-refractivity contribution in [2.75, 3.05) is 7.05 Å². The summed E-state index contributed by atoms with van der Waals surface area (Å²) in [4.78, 5) is 11.3. The molecule has 2 atom stereocenters. The largest absolute Gasteiger partial charge is 0.481 e. The van der Waals surface area contributed by atoms with Crippen LogP contribution < -0.4 is 15.8 Å². The Kier molecular flexibility index (Phi) is 4.45. The lowest BCUT2D eigenvalue weighted by atomic mass is 10.1. The van der Waals surface area contributed by atoms with Gasteiger partial charge in [-0.05, 0) is 32.0 Å². The molecule has 1 aromatic carbocycles. The van der Waals surface area contributed by atoms with Crippen LogP contribution >= 0.6 is 0 Å². The molecule has 1 rings (SSSR count). The van der Waals surface area contributed by atoms with Crippen LogP contribution in [0.15, 0.2) is 18.2 Å². The highest BCUT2D eigenvalue weighted by molar-refractivity contribution is 5.80. The molecule has 0 heterocycles. The normalized spacial score (nSPS) is 13.9. The molecule has 4 nitrogen and oxygen atoms in total. The Morgan fingerprint density at radius 1 is 1.47 bits per heavy atom. The van der Waals surface area contributed by atoms with Gasteiger partial charge in [0, 0.05) is 18.7 Å². The van der Waals surface area contributed by atoms with Crippen LogP contribution in [0.1, 0.15) is 25.5 Å². The van der Waals surface area contributed by atoms with Crippen LogP contribution in [0.2, 0.25) is 0 Å². The first-order valence-corrected chi connectivity index (χ1v) is 5.39. The predicted molar refractivity (Wildman–Crippen MR) is 63.2 cm³/mol. The van der Waals surface area contributed by atoms with E-state index in [1.807, 2.05) is 0 Å². The van der Waals surface area contributed by atoms with Crippen LogP contribution in [0.3, 0.4) is 0 Å². The number of likely N-dealkylation sites (N-methyl/N-ethyl adjacent to an activating group) is 1. The fourth-order valence-corrected chi connectivity index (χ4v) is 1.43. The van der Waals surface area contributed by atoms with Gasteiger partial charge in [-0.1, -0.05) is 0 Å². The van der Waals surface area contributed by atoms with E-state index in [-0.39, 0.29) is 17.8 Å². The Labute approximate surface area is 100.0 Å². The molecule has 0 fully saturated rings. The van der Waals surface area contributed by atoms with E-state index >= 15 is 0 Å². The average Bonchev–Trinajstić information content (AvgIpc) is 2.29. The highest BCUT2D eigenvalue weighted by Gasteiger charge is 2.16. The molecule has 0 saturated carbocycles. The van der Waals surface area contributed by atoms with Crippen molar-refractivity contribution in [3.05, 3.63) is 29.6 Å². The predicted octanol–water partition coefficient (Wildman–Crippen LogP) is 1.36. The third-order valence-corrected chi connectivity index (χ3v) is 2.38. The number of carbonyl (C=O) groups is 1. The number of hydrogen-bond acceptors (Lipinski definition) is 3. The zero-order valence-electron chi connectivity index (χ0n) is 10.2. The molecule has 0 radical (unpaired) electrons. The van der Waals surface area contributed by atoms with Gasteiger partial charge in [0.1, 0.15) is 11.6 Å². The van der Waals surface area contributed by atoms with Gasteiger partial charge in [0.05, 0.1) is 0 Å². The summed E-state index contributed by atoms with van der Waals surface area (Å²) in [6.07, 6.45) is -0.650. The number of ether oxygens (including phenoxy) is 1. The molecule has 0 bridgehead atoms. The van der Waals surface area contributed by atoms with Gasteiger partial charge in [0.25, 0.3) is 5.91 Å². The van der Waals surface area contributed by atoms with E-state index in [1.165, 1.54) is 25.2 Å². The van der Waals surface area contributed by atoms with Crippen molar-refractivity contribution in [3.63, 3.8) is 0 Å². The van der Waals surface area contributed by atoms with E-state index in [0.717, 1.165) is 0 Å². The number of nitrogens with two attached hydrogens (primary N) is 1. The van der Waals surface area contributed by atoms with Crippen molar-refractivity contribution >= 4 is 5.91 Å². The second-order valence-electron chi connectivity index (χ2n) is 3.85. The van der Waals surface area contributed by atoms with E-state index in [9.17, 15) is 9.18 Å². The number of rotatable bonds is 4. The zero-order valence-corrected chi connectivity index (χ0v) is 10.2. The summed E-state index contributed by atoms with van der Waals surface area (Å²) in [5.41, 5.74) is 6.26. The number of nitrogens with one attached hydrogen (secondary N) is 1. The lowest BCUT2D eigenvalue weighted by molar-refractivity contribution is -0.126. The SMILES string of the molecule is CNC(=O)C(C)Oc1ccc(F)cc1[C@H](C)N. The standard InChI is InChI=1S/C12H17FN2O2/c1-7(14)10-6-9(13)4-5-11(10)17-8(2)12(16)15-3/h4-8H,14H2,1-3H3,(H,15,16)/t7-,8?/m0/s1. The Hall–Kier alpha value is -1.62. The summed E-state index contributed by atoms with van der Waals surface area (Å²) in [5.74, 6) is -0.195. The number of carbonyl (C=O) groups excluding carboxylic acids is 1. The maximum absolute atomic E-state index is 13.1. The second-order valence-corrected chi connectivity index (χ2v) is 3.85. The minimum absolute atomic E-state index is 0.245. The first kappa shape index (κ1) is 13.4. The lowest BCUT2D eigenvalue weighted by Crippen LogP contribution is -2.34. The van der Waals surface area contributed by atoms with Crippen LogP contribution in [0.4, 0.5) is 4.39 Å². The second kappa shape index (κ2) is 5.63. The molecule has 3 N–H and O–H groups in total. The first-order valence-electron chi connectivity index (χ1n) is 5.39. The fraction of sp³-hybridized carbons (Fsp3) is 0.417.